The number of hydrogen-bond acceptors (Lipinski definition) is 3. The van der Waals surface area contributed by atoms with Crippen LogP contribution in [0.5, 0.6) is 11.5 Å². The number of hydrogen-bond donors (Lipinski definition) is 2. The van der Waals surface area contributed by atoms with Gasteiger partial charge >= 0.3 is 0 Å². The molecule has 0 aliphatic carbocycles. The topological polar surface area (TPSA) is 67.4 Å². The maximum atomic E-state index is 12.2. The van der Waals surface area contributed by atoms with Crippen molar-refractivity contribution in [1.82, 2.24) is 0 Å². The van der Waals surface area contributed by atoms with Gasteiger partial charge in [-0.15, -0.1) is 0 Å². The molecule has 0 fully saturated rings. The number of ether oxygens (including phenoxy) is 1. The van der Waals surface area contributed by atoms with Gasteiger partial charge in [-0.05, 0) is 36.4 Å². The lowest BCUT2D eigenvalue weighted by Crippen LogP contribution is -2.21. The number of rotatable bonds is 6. The highest BCUT2D eigenvalue weighted by molar-refractivity contribution is 6.33. The van der Waals surface area contributed by atoms with E-state index < -0.39 is 11.8 Å². The van der Waals surface area contributed by atoms with Crippen LogP contribution < -0.4 is 15.4 Å². The first-order valence-electron chi connectivity index (χ1n) is 8.28. The molecule has 0 radical (unpaired) electrons. The molecular weight excluding hydrogens is 364 g/mol. The van der Waals surface area contributed by atoms with Crippen molar-refractivity contribution in [2.75, 3.05) is 10.6 Å². The van der Waals surface area contributed by atoms with E-state index in [-0.39, 0.29) is 6.42 Å². The van der Waals surface area contributed by atoms with E-state index in [1.807, 2.05) is 30.3 Å². The second-order valence-corrected chi connectivity index (χ2v) is 6.07. The molecule has 0 bridgehead atoms. The molecule has 3 rings (SSSR count). The summed E-state index contributed by atoms with van der Waals surface area (Å²) in [5, 5.41) is 5.73. The first-order valence-corrected chi connectivity index (χ1v) is 8.66. The Balaban J connectivity index is 1.62. The summed E-state index contributed by atoms with van der Waals surface area (Å²) in [5.41, 5.74) is 0.946. The van der Waals surface area contributed by atoms with Crippen LogP contribution in [0, 0.1) is 0 Å². The van der Waals surface area contributed by atoms with Crippen molar-refractivity contribution in [3.8, 4) is 11.5 Å². The van der Waals surface area contributed by atoms with Crippen LogP contribution in [0.2, 0.25) is 5.02 Å². The third-order valence-corrected chi connectivity index (χ3v) is 3.93. The lowest BCUT2D eigenvalue weighted by molar-refractivity contribution is -0.123. The normalized spacial score (nSPS) is 10.1. The molecule has 0 unspecified atom stereocenters. The molecule has 0 aliphatic heterocycles. The largest absolute Gasteiger partial charge is 0.455 e. The first kappa shape index (κ1) is 18.5. The number of carbonyl (C=O) groups excluding carboxylic acids is 2. The van der Waals surface area contributed by atoms with Gasteiger partial charge in [-0.3, -0.25) is 9.59 Å². The molecule has 0 aliphatic rings. The van der Waals surface area contributed by atoms with E-state index in [9.17, 15) is 9.59 Å². The summed E-state index contributed by atoms with van der Waals surface area (Å²) in [6.45, 7) is 0. The standard InChI is InChI=1S/C21H17ClN2O3/c22-16-10-4-5-11-17(16)23-20(25)14-21(26)24-18-12-6-7-13-19(18)27-15-8-2-1-3-9-15/h1-13H,14H2,(H,23,25)(H,24,26). The van der Waals surface area contributed by atoms with Gasteiger partial charge < -0.3 is 15.4 Å². The Bertz CT molecular complexity index is 945. The molecule has 3 aromatic carbocycles. The molecule has 136 valence electrons. The van der Waals surface area contributed by atoms with Crippen molar-refractivity contribution in [2.45, 2.75) is 6.42 Å². The fourth-order valence-corrected chi connectivity index (χ4v) is 2.55. The van der Waals surface area contributed by atoms with Crippen LogP contribution in [-0.4, -0.2) is 11.8 Å². The third kappa shape index (κ3) is 5.33. The van der Waals surface area contributed by atoms with E-state index in [1.54, 1.807) is 48.5 Å². The lowest BCUT2D eigenvalue weighted by Gasteiger charge is -2.12. The maximum absolute atomic E-state index is 12.2. The van der Waals surface area contributed by atoms with Crippen LogP contribution in [0.25, 0.3) is 0 Å². The van der Waals surface area contributed by atoms with Gasteiger partial charge in [-0.1, -0.05) is 54.1 Å². The van der Waals surface area contributed by atoms with Gasteiger partial charge in [0, 0.05) is 0 Å². The number of nitrogens with one attached hydrogen (secondary N) is 2. The van der Waals surface area contributed by atoms with Crippen molar-refractivity contribution in [1.29, 1.82) is 0 Å². The van der Waals surface area contributed by atoms with Gasteiger partial charge in [0.05, 0.1) is 16.4 Å². The molecule has 27 heavy (non-hydrogen) atoms. The molecule has 2 N–H and O–H groups in total. The highest BCUT2D eigenvalue weighted by Crippen LogP contribution is 2.29. The average molecular weight is 381 g/mol. The van der Waals surface area contributed by atoms with E-state index in [2.05, 4.69) is 10.6 Å². The highest BCUT2D eigenvalue weighted by Gasteiger charge is 2.13. The second-order valence-electron chi connectivity index (χ2n) is 5.66. The Labute approximate surface area is 161 Å². The minimum atomic E-state index is -0.456. The molecule has 0 spiro atoms. The Kier molecular flexibility index (Phi) is 6.07. The molecule has 0 aromatic heterocycles. The number of anilines is 2. The van der Waals surface area contributed by atoms with Gasteiger partial charge in [0.2, 0.25) is 11.8 Å². The predicted octanol–water partition coefficient (Wildman–Crippen LogP) is 5.10. The Morgan fingerprint density at radius 3 is 2.00 bits per heavy atom. The van der Waals surface area contributed by atoms with E-state index >= 15 is 0 Å². The summed E-state index contributed by atoms with van der Waals surface area (Å²) < 4.78 is 5.79. The summed E-state index contributed by atoms with van der Waals surface area (Å²) in [4.78, 5) is 24.3. The SMILES string of the molecule is O=C(CC(=O)Nc1ccccc1Oc1ccccc1)Nc1ccccc1Cl. The summed E-state index contributed by atoms with van der Waals surface area (Å²) in [6.07, 6.45) is -0.342. The minimum Gasteiger partial charge on any atom is -0.455 e. The number of carbonyl (C=O) groups is 2. The number of para-hydroxylation sites is 4. The van der Waals surface area contributed by atoms with E-state index in [0.29, 0.717) is 27.9 Å². The molecule has 0 heterocycles. The monoisotopic (exact) mass is 380 g/mol. The molecule has 0 saturated heterocycles. The number of amides is 2. The quantitative estimate of drug-likeness (QED) is 0.584. The smallest absolute Gasteiger partial charge is 0.233 e. The van der Waals surface area contributed by atoms with Gasteiger partial charge in [-0.2, -0.15) is 0 Å². The van der Waals surface area contributed by atoms with Gasteiger partial charge in [-0.25, -0.2) is 0 Å². The zero-order valence-electron chi connectivity index (χ0n) is 14.3. The van der Waals surface area contributed by atoms with Crippen molar-refractivity contribution in [2.24, 2.45) is 0 Å². The Morgan fingerprint density at radius 1 is 0.741 bits per heavy atom. The van der Waals surface area contributed by atoms with Crippen LogP contribution in [0.15, 0.2) is 78.9 Å². The summed E-state index contributed by atoms with van der Waals surface area (Å²) in [6, 6.07) is 23.1. The van der Waals surface area contributed by atoms with Crippen molar-refractivity contribution in [3.63, 3.8) is 0 Å². The maximum Gasteiger partial charge on any atom is 0.233 e. The highest BCUT2D eigenvalue weighted by atomic mass is 35.5. The third-order valence-electron chi connectivity index (χ3n) is 3.60. The average Bonchev–Trinajstić information content (AvgIpc) is 2.66. The fourth-order valence-electron chi connectivity index (χ4n) is 2.37. The van der Waals surface area contributed by atoms with Crippen LogP contribution in [0.1, 0.15) is 6.42 Å². The summed E-state index contributed by atoms with van der Waals surface area (Å²) >= 11 is 6.00. The molecule has 0 saturated carbocycles. The molecule has 6 heteroatoms. The van der Waals surface area contributed by atoms with Gasteiger partial charge in [0.15, 0.2) is 5.75 Å². The second kappa shape index (κ2) is 8.87. The molecule has 0 atom stereocenters. The lowest BCUT2D eigenvalue weighted by atomic mass is 10.2. The van der Waals surface area contributed by atoms with Crippen LogP contribution in [0.4, 0.5) is 11.4 Å². The minimum absolute atomic E-state index is 0.342. The van der Waals surface area contributed by atoms with Crippen LogP contribution in [0.3, 0.4) is 0 Å². The van der Waals surface area contributed by atoms with Gasteiger partial charge in [0.25, 0.3) is 0 Å². The summed E-state index contributed by atoms with van der Waals surface area (Å²) in [7, 11) is 0. The molecule has 2 amide bonds. The van der Waals surface area contributed by atoms with Crippen molar-refractivity contribution >= 4 is 34.8 Å². The molecular formula is C21H17ClN2O3. The van der Waals surface area contributed by atoms with Crippen LogP contribution >= 0.6 is 11.6 Å². The zero-order chi connectivity index (χ0) is 19.1. The van der Waals surface area contributed by atoms with Crippen molar-refractivity contribution in [3.05, 3.63) is 83.9 Å². The zero-order valence-corrected chi connectivity index (χ0v) is 15.1. The Hall–Kier alpha value is -3.31. The fraction of sp³-hybridized carbons (Fsp3) is 0.0476. The van der Waals surface area contributed by atoms with E-state index in [4.69, 9.17) is 16.3 Å². The molecule has 5 nitrogen and oxygen atoms in total. The Morgan fingerprint density at radius 2 is 1.30 bits per heavy atom. The van der Waals surface area contributed by atoms with Crippen molar-refractivity contribution < 1.29 is 14.3 Å². The van der Waals surface area contributed by atoms with E-state index in [0.717, 1.165) is 0 Å². The predicted molar refractivity (Wildman–Crippen MR) is 106 cm³/mol. The summed E-state index contributed by atoms with van der Waals surface area (Å²) in [5.74, 6) is 0.227. The first-order chi connectivity index (χ1) is 13.1. The number of benzene rings is 3. The number of halogens is 1. The molecule has 3 aromatic rings. The van der Waals surface area contributed by atoms with Gasteiger partial charge in [0.1, 0.15) is 12.2 Å². The van der Waals surface area contributed by atoms with E-state index in [1.165, 1.54) is 0 Å². The van der Waals surface area contributed by atoms with Crippen LogP contribution in [-0.2, 0) is 9.59 Å².